The normalized spacial score (nSPS) is 15.8. The summed E-state index contributed by atoms with van der Waals surface area (Å²) in [6, 6.07) is 7.61. The number of halogens is 1. The van der Waals surface area contributed by atoms with Crippen molar-refractivity contribution in [2.24, 2.45) is 5.73 Å². The first kappa shape index (κ1) is 14.8. The molecule has 0 aromatic carbocycles. The van der Waals surface area contributed by atoms with Crippen molar-refractivity contribution < 1.29 is 4.79 Å². The van der Waals surface area contributed by atoms with E-state index < -0.39 is 5.91 Å². The molecule has 0 unspecified atom stereocenters. The summed E-state index contributed by atoms with van der Waals surface area (Å²) in [5.41, 5.74) is 6.71. The first-order valence-corrected chi connectivity index (χ1v) is 7.64. The quantitative estimate of drug-likeness (QED) is 0.944. The highest BCUT2D eigenvalue weighted by molar-refractivity contribution is 6.33. The minimum absolute atomic E-state index is 0.331. The Labute approximate surface area is 134 Å². The standard InChI is InChI=1S/C16H17ClN4O/c17-13-9-12(15(18)22)10-20-16(13)21-7-4-11(5-8-21)14-3-1-2-6-19-14/h1-3,6,9-11H,4-5,7-8H2,(H2,18,22). The van der Waals surface area contributed by atoms with Crippen LogP contribution in [0, 0.1) is 0 Å². The molecular weight excluding hydrogens is 300 g/mol. The molecule has 1 aliphatic heterocycles. The predicted molar refractivity (Wildman–Crippen MR) is 86.2 cm³/mol. The van der Waals surface area contributed by atoms with E-state index in [0.29, 0.717) is 22.3 Å². The highest BCUT2D eigenvalue weighted by Gasteiger charge is 2.23. The van der Waals surface area contributed by atoms with Crippen molar-refractivity contribution >= 4 is 23.3 Å². The average molecular weight is 317 g/mol. The van der Waals surface area contributed by atoms with E-state index in [4.69, 9.17) is 17.3 Å². The number of carbonyl (C=O) groups is 1. The molecule has 0 atom stereocenters. The van der Waals surface area contributed by atoms with Crippen LogP contribution >= 0.6 is 11.6 Å². The summed E-state index contributed by atoms with van der Waals surface area (Å²) in [5, 5.41) is 0.465. The second-order valence-electron chi connectivity index (χ2n) is 5.41. The number of nitrogens with two attached hydrogens (primary N) is 1. The molecule has 0 aliphatic carbocycles. The Kier molecular flexibility index (Phi) is 4.24. The van der Waals surface area contributed by atoms with Crippen molar-refractivity contribution in [3.05, 3.63) is 52.9 Å². The van der Waals surface area contributed by atoms with E-state index in [1.807, 2.05) is 18.3 Å². The zero-order valence-corrected chi connectivity index (χ0v) is 12.8. The maximum atomic E-state index is 11.1. The molecule has 0 radical (unpaired) electrons. The maximum Gasteiger partial charge on any atom is 0.250 e. The fourth-order valence-electron chi connectivity index (χ4n) is 2.80. The largest absolute Gasteiger partial charge is 0.366 e. The third-order valence-corrected chi connectivity index (χ3v) is 4.28. The molecular formula is C16H17ClN4O. The molecule has 22 heavy (non-hydrogen) atoms. The molecule has 6 heteroatoms. The van der Waals surface area contributed by atoms with Crippen molar-refractivity contribution in [2.45, 2.75) is 18.8 Å². The van der Waals surface area contributed by atoms with Crippen LogP contribution in [0.15, 0.2) is 36.7 Å². The highest BCUT2D eigenvalue weighted by atomic mass is 35.5. The third-order valence-electron chi connectivity index (χ3n) is 4.01. The van der Waals surface area contributed by atoms with Crippen LogP contribution in [-0.4, -0.2) is 29.0 Å². The lowest BCUT2D eigenvalue weighted by Crippen LogP contribution is -2.34. The van der Waals surface area contributed by atoms with Crippen LogP contribution in [0.2, 0.25) is 5.02 Å². The lowest BCUT2D eigenvalue weighted by molar-refractivity contribution is 0.1000. The van der Waals surface area contributed by atoms with Gasteiger partial charge in [-0.1, -0.05) is 17.7 Å². The number of anilines is 1. The number of carbonyl (C=O) groups excluding carboxylic acids is 1. The lowest BCUT2D eigenvalue weighted by atomic mass is 9.93. The van der Waals surface area contributed by atoms with Crippen molar-refractivity contribution in [1.82, 2.24) is 9.97 Å². The van der Waals surface area contributed by atoms with Gasteiger partial charge in [-0.05, 0) is 31.0 Å². The van der Waals surface area contributed by atoms with Gasteiger partial charge in [0, 0.05) is 37.1 Å². The number of hydrogen-bond donors (Lipinski definition) is 1. The smallest absolute Gasteiger partial charge is 0.250 e. The van der Waals surface area contributed by atoms with E-state index in [1.54, 1.807) is 6.07 Å². The average Bonchev–Trinajstić information content (AvgIpc) is 2.56. The second kappa shape index (κ2) is 6.32. The summed E-state index contributed by atoms with van der Waals surface area (Å²) in [5.74, 6) is 0.669. The monoisotopic (exact) mass is 316 g/mol. The van der Waals surface area contributed by atoms with Crippen LogP contribution in [-0.2, 0) is 0 Å². The van der Waals surface area contributed by atoms with E-state index in [2.05, 4.69) is 20.9 Å². The molecule has 3 heterocycles. The SMILES string of the molecule is NC(=O)c1cnc(N2CCC(c3ccccn3)CC2)c(Cl)c1. The molecule has 5 nitrogen and oxygen atoms in total. The number of primary amides is 1. The molecule has 2 aromatic heterocycles. The van der Waals surface area contributed by atoms with Gasteiger partial charge in [-0.25, -0.2) is 4.98 Å². The summed E-state index contributed by atoms with van der Waals surface area (Å²) in [4.78, 5) is 22.0. The molecule has 0 spiro atoms. The van der Waals surface area contributed by atoms with E-state index >= 15 is 0 Å². The zero-order chi connectivity index (χ0) is 15.5. The van der Waals surface area contributed by atoms with Crippen molar-refractivity contribution in [3.63, 3.8) is 0 Å². The van der Waals surface area contributed by atoms with Crippen LogP contribution in [0.1, 0.15) is 34.8 Å². The molecule has 0 saturated carbocycles. The van der Waals surface area contributed by atoms with E-state index in [0.717, 1.165) is 31.6 Å². The summed E-state index contributed by atoms with van der Waals surface area (Å²) >= 11 is 6.24. The van der Waals surface area contributed by atoms with Gasteiger partial charge in [0.15, 0.2) is 0 Å². The topological polar surface area (TPSA) is 72.1 Å². The van der Waals surface area contributed by atoms with Gasteiger partial charge in [-0.2, -0.15) is 0 Å². The van der Waals surface area contributed by atoms with E-state index in [9.17, 15) is 4.79 Å². The number of aromatic nitrogens is 2. The number of hydrogen-bond acceptors (Lipinski definition) is 4. The van der Waals surface area contributed by atoms with Gasteiger partial charge >= 0.3 is 0 Å². The minimum atomic E-state index is -0.519. The Bertz CT molecular complexity index is 669. The Balaban J connectivity index is 1.70. The van der Waals surface area contributed by atoms with Gasteiger partial charge in [0.2, 0.25) is 5.91 Å². The molecule has 3 rings (SSSR count). The first-order valence-electron chi connectivity index (χ1n) is 7.26. The molecule has 1 amide bonds. The number of nitrogens with zero attached hydrogens (tertiary/aromatic N) is 3. The van der Waals surface area contributed by atoms with E-state index in [1.165, 1.54) is 6.20 Å². The van der Waals surface area contributed by atoms with E-state index in [-0.39, 0.29) is 0 Å². The zero-order valence-electron chi connectivity index (χ0n) is 12.1. The summed E-state index contributed by atoms with van der Waals surface area (Å²) in [7, 11) is 0. The second-order valence-corrected chi connectivity index (χ2v) is 5.82. The molecule has 2 aromatic rings. The van der Waals surface area contributed by atoms with Gasteiger partial charge in [-0.3, -0.25) is 9.78 Å². The van der Waals surface area contributed by atoms with Crippen molar-refractivity contribution in [1.29, 1.82) is 0 Å². The molecule has 0 bridgehead atoms. The Morgan fingerprint density at radius 2 is 2.05 bits per heavy atom. The number of piperidine rings is 1. The maximum absolute atomic E-state index is 11.1. The van der Waals surface area contributed by atoms with Crippen LogP contribution in [0.5, 0.6) is 0 Å². The number of rotatable bonds is 3. The van der Waals surface area contributed by atoms with Gasteiger partial charge < -0.3 is 10.6 Å². The Hall–Kier alpha value is -2.14. The molecule has 1 fully saturated rings. The van der Waals surface area contributed by atoms with Gasteiger partial charge in [0.25, 0.3) is 0 Å². The van der Waals surface area contributed by atoms with Crippen LogP contribution in [0.4, 0.5) is 5.82 Å². The number of pyridine rings is 2. The lowest BCUT2D eigenvalue weighted by Gasteiger charge is -2.33. The third kappa shape index (κ3) is 3.04. The fourth-order valence-corrected chi connectivity index (χ4v) is 3.09. The summed E-state index contributed by atoms with van der Waals surface area (Å²) in [6.45, 7) is 1.73. The van der Waals surface area contributed by atoms with Crippen LogP contribution < -0.4 is 10.6 Å². The molecule has 2 N–H and O–H groups in total. The minimum Gasteiger partial charge on any atom is -0.366 e. The van der Waals surface area contributed by atoms with Crippen molar-refractivity contribution in [2.75, 3.05) is 18.0 Å². The number of amides is 1. The molecule has 1 aliphatic rings. The summed E-state index contributed by atoms with van der Waals surface area (Å²) < 4.78 is 0. The van der Waals surface area contributed by atoms with Crippen LogP contribution in [0.25, 0.3) is 0 Å². The predicted octanol–water partition coefficient (Wildman–Crippen LogP) is 2.61. The molecule has 114 valence electrons. The Morgan fingerprint density at radius 1 is 1.27 bits per heavy atom. The molecule has 1 saturated heterocycles. The summed E-state index contributed by atoms with van der Waals surface area (Å²) in [6.07, 6.45) is 5.33. The van der Waals surface area contributed by atoms with Gasteiger partial charge in [0.1, 0.15) is 5.82 Å². The fraction of sp³-hybridized carbons (Fsp3) is 0.312. The highest BCUT2D eigenvalue weighted by Crippen LogP contribution is 2.31. The van der Waals surface area contributed by atoms with Crippen LogP contribution in [0.3, 0.4) is 0 Å². The van der Waals surface area contributed by atoms with Gasteiger partial charge in [0.05, 0.1) is 10.6 Å². The van der Waals surface area contributed by atoms with Crippen molar-refractivity contribution in [3.8, 4) is 0 Å². The first-order chi connectivity index (χ1) is 10.6. The van der Waals surface area contributed by atoms with Gasteiger partial charge in [-0.15, -0.1) is 0 Å². The Morgan fingerprint density at radius 3 is 2.64 bits per heavy atom.